The quantitative estimate of drug-likeness (QED) is 0.730. The molecule has 33 heavy (non-hydrogen) atoms. The third-order valence-electron chi connectivity index (χ3n) is 7.48. The van der Waals surface area contributed by atoms with Gasteiger partial charge in [-0.15, -0.1) is 0 Å². The van der Waals surface area contributed by atoms with Crippen molar-refractivity contribution in [2.45, 2.75) is 38.6 Å². The fourth-order valence-corrected chi connectivity index (χ4v) is 5.78. The summed E-state index contributed by atoms with van der Waals surface area (Å²) < 4.78 is 1.14. The van der Waals surface area contributed by atoms with Crippen molar-refractivity contribution < 1.29 is 14.7 Å². The first-order valence-electron chi connectivity index (χ1n) is 11.8. The third-order valence-corrected chi connectivity index (χ3v) is 7.80. The topological polar surface area (TPSA) is 81.9 Å². The van der Waals surface area contributed by atoms with Crippen LogP contribution < -0.4 is 4.90 Å². The molecule has 2 aromatic rings. The molecule has 1 N–H and O–H groups in total. The number of likely N-dealkylation sites (tertiary alicyclic amines) is 2. The number of benzene rings is 1. The summed E-state index contributed by atoms with van der Waals surface area (Å²) in [5.41, 5.74) is 2.60. The largest absolute Gasteiger partial charge is 0.476 e. The maximum atomic E-state index is 12.7. The molecule has 1 aromatic carbocycles. The molecule has 176 valence electrons. The van der Waals surface area contributed by atoms with Crippen molar-refractivity contribution in [2.75, 3.05) is 44.2 Å². The predicted octanol–water partition coefficient (Wildman–Crippen LogP) is 3.79. The standard InChI is InChI=1S/C24H30ClN5O3/c25-19-4-3-18(15-21(19)28-9-1-2-10-28)16-27-12-6-24(17-27)7-13-29(14-8-24)23(33)30-11-5-20(26-30)22(31)32/h3-5,11,15H,1-2,6-10,12-14,16-17H2,(H,31,32). The van der Waals surface area contributed by atoms with Crippen LogP contribution in [0.5, 0.6) is 0 Å². The highest BCUT2D eigenvalue weighted by Crippen LogP contribution is 2.41. The molecule has 3 fully saturated rings. The number of nitrogens with zero attached hydrogens (tertiary/aromatic N) is 5. The smallest absolute Gasteiger partial charge is 0.356 e. The number of rotatable bonds is 4. The molecule has 3 aliphatic rings. The SMILES string of the molecule is O=C(O)c1ccn(C(=O)N2CCC3(CCN(Cc4ccc(Cl)c(N5CCCC5)c4)C3)CC2)n1. The van der Waals surface area contributed by atoms with E-state index >= 15 is 0 Å². The van der Waals surface area contributed by atoms with Gasteiger partial charge in [-0.1, -0.05) is 17.7 Å². The summed E-state index contributed by atoms with van der Waals surface area (Å²) >= 11 is 6.49. The van der Waals surface area contributed by atoms with Crippen LogP contribution in [-0.4, -0.2) is 76.0 Å². The molecule has 5 rings (SSSR count). The highest BCUT2D eigenvalue weighted by atomic mass is 35.5. The Labute approximate surface area is 198 Å². The summed E-state index contributed by atoms with van der Waals surface area (Å²) in [6.45, 7) is 6.55. The Balaban J connectivity index is 1.17. The predicted molar refractivity (Wildman–Crippen MR) is 126 cm³/mol. The van der Waals surface area contributed by atoms with Crippen molar-refractivity contribution in [3.63, 3.8) is 0 Å². The van der Waals surface area contributed by atoms with E-state index in [2.05, 4.69) is 27.0 Å². The lowest BCUT2D eigenvalue weighted by atomic mass is 9.78. The summed E-state index contributed by atoms with van der Waals surface area (Å²) in [6, 6.07) is 7.54. The van der Waals surface area contributed by atoms with E-state index < -0.39 is 5.97 Å². The first kappa shape index (κ1) is 22.2. The van der Waals surface area contributed by atoms with Gasteiger partial charge >= 0.3 is 12.0 Å². The average molecular weight is 472 g/mol. The van der Waals surface area contributed by atoms with E-state index in [0.717, 1.165) is 67.4 Å². The Morgan fingerprint density at radius 3 is 2.45 bits per heavy atom. The van der Waals surface area contributed by atoms with E-state index in [0.29, 0.717) is 13.1 Å². The van der Waals surface area contributed by atoms with E-state index in [4.69, 9.17) is 16.7 Å². The Kier molecular flexibility index (Phi) is 6.05. The lowest BCUT2D eigenvalue weighted by Gasteiger charge is -2.39. The molecule has 1 spiro atoms. The van der Waals surface area contributed by atoms with Gasteiger partial charge in [-0.2, -0.15) is 9.78 Å². The van der Waals surface area contributed by atoms with Crippen LogP contribution in [0.4, 0.5) is 10.5 Å². The summed E-state index contributed by atoms with van der Waals surface area (Å²) in [5, 5.41) is 13.7. The molecule has 0 radical (unpaired) electrons. The Bertz CT molecular complexity index is 1040. The maximum absolute atomic E-state index is 12.7. The molecule has 0 aliphatic carbocycles. The number of carboxylic acids is 1. The number of aromatic carboxylic acids is 1. The van der Waals surface area contributed by atoms with E-state index in [1.54, 1.807) is 4.90 Å². The minimum absolute atomic E-state index is 0.113. The zero-order valence-corrected chi connectivity index (χ0v) is 19.5. The molecule has 0 atom stereocenters. The van der Waals surface area contributed by atoms with Gasteiger partial charge in [0.15, 0.2) is 5.69 Å². The monoisotopic (exact) mass is 471 g/mol. The van der Waals surface area contributed by atoms with Crippen LogP contribution in [0.1, 0.15) is 48.2 Å². The van der Waals surface area contributed by atoms with Crippen LogP contribution in [0.3, 0.4) is 0 Å². The minimum atomic E-state index is -1.13. The van der Waals surface area contributed by atoms with Gasteiger partial charge in [0.2, 0.25) is 0 Å². The van der Waals surface area contributed by atoms with Gasteiger partial charge in [0.05, 0.1) is 10.7 Å². The number of amides is 1. The summed E-state index contributed by atoms with van der Waals surface area (Å²) in [5.74, 6) is -1.13. The van der Waals surface area contributed by atoms with Crippen molar-refractivity contribution in [2.24, 2.45) is 5.41 Å². The molecule has 8 nitrogen and oxygen atoms in total. The lowest BCUT2D eigenvalue weighted by molar-refractivity contribution is 0.0689. The number of carboxylic acid groups (broad SMARTS) is 1. The van der Waals surface area contributed by atoms with Crippen molar-refractivity contribution in [1.29, 1.82) is 0 Å². The highest BCUT2D eigenvalue weighted by Gasteiger charge is 2.41. The second kappa shape index (κ2) is 8.99. The molecule has 0 unspecified atom stereocenters. The summed E-state index contributed by atoms with van der Waals surface area (Å²) in [6.07, 6.45) is 6.96. The zero-order chi connectivity index (χ0) is 23.0. The lowest BCUT2D eigenvalue weighted by Crippen LogP contribution is -2.45. The van der Waals surface area contributed by atoms with E-state index in [1.807, 2.05) is 6.07 Å². The fourth-order valence-electron chi connectivity index (χ4n) is 5.55. The van der Waals surface area contributed by atoms with Crippen LogP contribution in [0.15, 0.2) is 30.5 Å². The number of anilines is 1. The number of hydrogen-bond donors (Lipinski definition) is 1. The molecule has 1 amide bonds. The van der Waals surface area contributed by atoms with Gasteiger partial charge in [0.1, 0.15) is 0 Å². The van der Waals surface area contributed by atoms with E-state index in [9.17, 15) is 9.59 Å². The van der Waals surface area contributed by atoms with Gasteiger partial charge in [-0.05, 0) is 67.8 Å². The molecule has 0 saturated carbocycles. The summed E-state index contributed by atoms with van der Waals surface area (Å²) in [7, 11) is 0. The molecule has 3 saturated heterocycles. The van der Waals surface area contributed by atoms with E-state index in [-0.39, 0.29) is 17.1 Å². The van der Waals surface area contributed by atoms with Gasteiger partial charge < -0.3 is 14.9 Å². The van der Waals surface area contributed by atoms with Crippen LogP contribution in [0, 0.1) is 5.41 Å². The number of aromatic nitrogens is 2. The average Bonchev–Trinajstić information content (AvgIpc) is 3.57. The van der Waals surface area contributed by atoms with Gasteiger partial charge in [-0.3, -0.25) is 4.90 Å². The molecule has 4 heterocycles. The number of carbonyl (C=O) groups excluding carboxylic acids is 1. The molecule has 9 heteroatoms. The number of carbonyl (C=O) groups is 2. The second-order valence-electron chi connectivity index (χ2n) is 9.66. The van der Waals surface area contributed by atoms with Gasteiger partial charge in [0.25, 0.3) is 0 Å². The minimum Gasteiger partial charge on any atom is -0.476 e. The van der Waals surface area contributed by atoms with Crippen LogP contribution in [0.2, 0.25) is 5.02 Å². The highest BCUT2D eigenvalue weighted by molar-refractivity contribution is 6.33. The number of piperidine rings is 1. The normalized spacial score (nSPS) is 20.6. The van der Waals surface area contributed by atoms with Crippen molar-refractivity contribution in [3.8, 4) is 0 Å². The Morgan fingerprint density at radius 1 is 1.03 bits per heavy atom. The molecule has 3 aliphatic heterocycles. The Morgan fingerprint density at radius 2 is 1.76 bits per heavy atom. The second-order valence-corrected chi connectivity index (χ2v) is 10.1. The van der Waals surface area contributed by atoms with Gasteiger partial charge in [-0.25, -0.2) is 9.59 Å². The van der Waals surface area contributed by atoms with E-state index in [1.165, 1.54) is 30.7 Å². The zero-order valence-electron chi connectivity index (χ0n) is 18.7. The van der Waals surface area contributed by atoms with Crippen LogP contribution in [-0.2, 0) is 6.54 Å². The molecular formula is C24H30ClN5O3. The Hall–Kier alpha value is -2.58. The molecule has 1 aromatic heterocycles. The number of hydrogen-bond acceptors (Lipinski definition) is 5. The number of halogens is 1. The van der Waals surface area contributed by atoms with Crippen molar-refractivity contribution >= 4 is 29.3 Å². The van der Waals surface area contributed by atoms with Crippen molar-refractivity contribution in [1.82, 2.24) is 19.6 Å². The van der Waals surface area contributed by atoms with Crippen LogP contribution >= 0.6 is 11.6 Å². The molecule has 0 bridgehead atoms. The van der Waals surface area contributed by atoms with Crippen LogP contribution in [0.25, 0.3) is 0 Å². The first-order valence-corrected chi connectivity index (χ1v) is 12.1. The first-order chi connectivity index (χ1) is 15.9. The molecular weight excluding hydrogens is 442 g/mol. The third kappa shape index (κ3) is 4.59. The fraction of sp³-hybridized carbons (Fsp3) is 0.542. The van der Waals surface area contributed by atoms with Gasteiger partial charge in [0, 0.05) is 45.5 Å². The van der Waals surface area contributed by atoms with Crippen molar-refractivity contribution in [3.05, 3.63) is 46.7 Å². The maximum Gasteiger partial charge on any atom is 0.356 e. The summed E-state index contributed by atoms with van der Waals surface area (Å²) in [4.78, 5) is 30.5.